The zero-order valence-corrected chi connectivity index (χ0v) is 22.8. The van der Waals surface area contributed by atoms with E-state index in [0.717, 1.165) is 59.9 Å². The van der Waals surface area contributed by atoms with Crippen molar-refractivity contribution < 1.29 is 4.39 Å². The summed E-state index contributed by atoms with van der Waals surface area (Å²) < 4.78 is 15.3. The van der Waals surface area contributed by atoms with E-state index in [0.29, 0.717) is 23.9 Å². The summed E-state index contributed by atoms with van der Waals surface area (Å²) in [5, 5.41) is 13.8. The van der Waals surface area contributed by atoms with Crippen LogP contribution in [-0.4, -0.2) is 43.2 Å². The van der Waals surface area contributed by atoms with Gasteiger partial charge in [0.15, 0.2) is 5.82 Å². The summed E-state index contributed by atoms with van der Waals surface area (Å²) in [6, 6.07) is 22.7. The minimum Gasteiger partial charge on any atom is -0.321 e. The largest absolute Gasteiger partial charge is 0.321 e. The van der Waals surface area contributed by atoms with Crippen LogP contribution in [0.1, 0.15) is 52.5 Å². The quantitative estimate of drug-likeness (QED) is 0.303. The molecule has 7 nitrogen and oxygen atoms in total. The van der Waals surface area contributed by atoms with Gasteiger partial charge in [-0.25, -0.2) is 9.07 Å². The number of halogens is 1. The van der Waals surface area contributed by atoms with Gasteiger partial charge in [0, 0.05) is 10.9 Å². The van der Waals surface area contributed by atoms with Crippen LogP contribution >= 0.6 is 0 Å². The van der Waals surface area contributed by atoms with Crippen molar-refractivity contribution in [1.29, 1.82) is 0 Å². The third-order valence-corrected chi connectivity index (χ3v) is 8.20. The number of fused-ring (bicyclic) bond motifs is 1. The van der Waals surface area contributed by atoms with Gasteiger partial charge in [-0.2, -0.15) is 0 Å². The second kappa shape index (κ2) is 11.1. The first-order valence-electron chi connectivity index (χ1n) is 13.9. The summed E-state index contributed by atoms with van der Waals surface area (Å²) in [4.78, 5) is 19.2. The van der Waals surface area contributed by atoms with Crippen LogP contribution in [0.2, 0.25) is 0 Å². The van der Waals surface area contributed by atoms with Crippen molar-refractivity contribution in [2.75, 3.05) is 13.1 Å². The number of nitrogens with one attached hydrogen (secondary N) is 1. The minimum atomic E-state index is -0.416. The van der Waals surface area contributed by atoms with E-state index in [4.69, 9.17) is 0 Å². The Morgan fingerprint density at radius 2 is 1.68 bits per heavy atom. The molecule has 1 aliphatic heterocycles. The van der Waals surface area contributed by atoms with Crippen LogP contribution in [0.4, 0.5) is 4.39 Å². The van der Waals surface area contributed by atoms with E-state index in [-0.39, 0.29) is 11.4 Å². The lowest BCUT2D eigenvalue weighted by atomic mass is 9.88. The van der Waals surface area contributed by atoms with Crippen LogP contribution in [-0.2, 0) is 13.0 Å². The van der Waals surface area contributed by atoms with Gasteiger partial charge in [-0.3, -0.25) is 9.69 Å². The summed E-state index contributed by atoms with van der Waals surface area (Å²) >= 11 is 0. The molecule has 0 aliphatic carbocycles. The van der Waals surface area contributed by atoms with Gasteiger partial charge >= 0.3 is 0 Å². The minimum absolute atomic E-state index is 0.131. The van der Waals surface area contributed by atoms with E-state index in [1.54, 1.807) is 16.8 Å². The zero-order valence-electron chi connectivity index (χ0n) is 22.8. The average Bonchev–Trinajstić information content (AvgIpc) is 3.42. The fourth-order valence-corrected chi connectivity index (χ4v) is 5.94. The number of pyridine rings is 1. The number of piperidine rings is 1. The number of aryl methyl sites for hydroxylation is 2. The average molecular weight is 537 g/mol. The Morgan fingerprint density at radius 3 is 2.42 bits per heavy atom. The lowest BCUT2D eigenvalue weighted by molar-refractivity contribution is 0.143. The molecule has 1 atom stereocenters. The van der Waals surface area contributed by atoms with Crippen molar-refractivity contribution in [2.45, 2.75) is 45.7 Å². The maximum absolute atomic E-state index is 13.7. The summed E-state index contributed by atoms with van der Waals surface area (Å²) in [6.45, 7) is 6.11. The number of hydrogen-bond acceptors (Lipinski definition) is 5. The van der Waals surface area contributed by atoms with Gasteiger partial charge in [-0.15, -0.1) is 5.10 Å². The Kier molecular flexibility index (Phi) is 7.26. The third kappa shape index (κ3) is 5.31. The van der Waals surface area contributed by atoms with E-state index < -0.39 is 6.04 Å². The van der Waals surface area contributed by atoms with Crippen LogP contribution in [0.25, 0.3) is 10.9 Å². The number of benzene rings is 3. The number of H-pyrrole nitrogens is 1. The van der Waals surface area contributed by atoms with Crippen LogP contribution in [0.15, 0.2) is 77.6 Å². The Labute approximate surface area is 232 Å². The highest BCUT2D eigenvalue weighted by Crippen LogP contribution is 2.33. The molecule has 0 saturated carbocycles. The SMILES string of the molecule is Cc1ccc(C)c2[nH]c(=O)c(C(c3nnnn3Cc3ccc(F)cc3)N3CCC(Cc4ccccc4)CC3)cc12. The first kappa shape index (κ1) is 26.1. The summed E-state index contributed by atoms with van der Waals surface area (Å²) in [6.07, 6.45) is 3.10. The molecule has 204 valence electrons. The van der Waals surface area contributed by atoms with Crippen LogP contribution < -0.4 is 5.56 Å². The molecular formula is C32H33FN6O. The van der Waals surface area contributed by atoms with Gasteiger partial charge in [0.25, 0.3) is 5.56 Å². The van der Waals surface area contributed by atoms with Crippen molar-refractivity contribution in [1.82, 2.24) is 30.1 Å². The highest BCUT2D eigenvalue weighted by Gasteiger charge is 2.33. The predicted octanol–water partition coefficient (Wildman–Crippen LogP) is 5.36. The molecule has 3 aromatic carbocycles. The smallest absolute Gasteiger partial charge is 0.253 e. The highest BCUT2D eigenvalue weighted by atomic mass is 19.1. The van der Waals surface area contributed by atoms with Crippen LogP contribution in [0.3, 0.4) is 0 Å². The first-order chi connectivity index (χ1) is 19.5. The van der Waals surface area contributed by atoms with Crippen molar-refractivity contribution in [2.24, 2.45) is 5.92 Å². The standard InChI is InChI=1S/C32H33FN6O/c1-21-8-9-22(2)29-27(21)19-28(32(40)34-29)30(31-35-36-37-39(31)20-25-10-12-26(33)13-11-25)38-16-14-24(15-17-38)18-23-6-4-3-5-7-23/h3-13,19,24,30H,14-18,20H2,1-2H3,(H,34,40). The number of aromatic amines is 1. The lowest BCUT2D eigenvalue weighted by Crippen LogP contribution is -2.41. The molecule has 0 radical (unpaired) electrons. The second-order valence-corrected chi connectivity index (χ2v) is 10.9. The molecular weight excluding hydrogens is 503 g/mol. The Hall–Kier alpha value is -4.17. The summed E-state index contributed by atoms with van der Waals surface area (Å²) in [7, 11) is 0. The van der Waals surface area contributed by atoms with Crippen molar-refractivity contribution in [3.8, 4) is 0 Å². The molecule has 0 amide bonds. The van der Waals surface area contributed by atoms with Crippen molar-refractivity contribution >= 4 is 10.9 Å². The first-order valence-corrected chi connectivity index (χ1v) is 13.9. The van der Waals surface area contributed by atoms with Crippen LogP contribution in [0.5, 0.6) is 0 Å². The molecule has 8 heteroatoms. The molecule has 1 fully saturated rings. The fourth-order valence-electron chi connectivity index (χ4n) is 5.94. The number of hydrogen-bond donors (Lipinski definition) is 1. The molecule has 0 bridgehead atoms. The molecule has 1 aliphatic rings. The van der Waals surface area contributed by atoms with Gasteiger partial charge in [0.1, 0.15) is 11.9 Å². The number of nitrogens with zero attached hydrogens (tertiary/aromatic N) is 5. The van der Waals surface area contributed by atoms with E-state index in [9.17, 15) is 9.18 Å². The lowest BCUT2D eigenvalue weighted by Gasteiger charge is -2.37. The van der Waals surface area contributed by atoms with Gasteiger partial charge in [0.2, 0.25) is 0 Å². The molecule has 1 saturated heterocycles. The third-order valence-electron chi connectivity index (χ3n) is 8.20. The maximum atomic E-state index is 13.7. The molecule has 40 heavy (non-hydrogen) atoms. The number of aromatic nitrogens is 5. The van der Waals surface area contributed by atoms with Crippen molar-refractivity contribution in [3.05, 3.63) is 123 Å². The normalized spacial score (nSPS) is 15.5. The zero-order chi connectivity index (χ0) is 27.6. The van der Waals surface area contributed by atoms with Crippen LogP contribution in [0, 0.1) is 25.6 Å². The summed E-state index contributed by atoms with van der Waals surface area (Å²) in [5.41, 5.74) is 5.74. The molecule has 3 heterocycles. The molecule has 5 aromatic rings. The highest BCUT2D eigenvalue weighted by molar-refractivity contribution is 5.85. The van der Waals surface area contributed by atoms with E-state index in [2.05, 4.69) is 68.7 Å². The van der Waals surface area contributed by atoms with E-state index in [1.807, 2.05) is 19.1 Å². The van der Waals surface area contributed by atoms with Gasteiger partial charge in [-0.05, 0) is 103 Å². The summed E-state index contributed by atoms with van der Waals surface area (Å²) in [5.74, 6) is 0.903. The number of likely N-dealkylation sites (tertiary alicyclic amines) is 1. The van der Waals surface area contributed by atoms with E-state index in [1.165, 1.54) is 17.7 Å². The molecule has 1 N–H and O–H groups in total. The molecule has 1 unspecified atom stereocenters. The monoisotopic (exact) mass is 536 g/mol. The van der Waals surface area contributed by atoms with Gasteiger partial charge in [0.05, 0.1) is 12.1 Å². The Balaban J connectivity index is 1.37. The second-order valence-electron chi connectivity index (χ2n) is 10.9. The van der Waals surface area contributed by atoms with E-state index >= 15 is 0 Å². The Bertz CT molecular complexity index is 1670. The molecule has 2 aromatic heterocycles. The number of tetrazole rings is 1. The van der Waals surface area contributed by atoms with Gasteiger partial charge < -0.3 is 4.98 Å². The Morgan fingerprint density at radius 1 is 0.950 bits per heavy atom. The van der Waals surface area contributed by atoms with Gasteiger partial charge in [-0.1, -0.05) is 54.6 Å². The number of rotatable bonds is 7. The topological polar surface area (TPSA) is 79.7 Å². The maximum Gasteiger partial charge on any atom is 0.253 e. The predicted molar refractivity (Wildman–Crippen MR) is 154 cm³/mol. The fraction of sp³-hybridized carbons (Fsp3) is 0.312. The molecule has 6 rings (SSSR count). The molecule has 0 spiro atoms. The van der Waals surface area contributed by atoms with Crippen molar-refractivity contribution in [3.63, 3.8) is 0 Å².